The van der Waals surface area contributed by atoms with Gasteiger partial charge in [-0.05, 0) is 36.6 Å². The molecule has 2 heterocycles. The van der Waals surface area contributed by atoms with Crippen LogP contribution in [0.1, 0.15) is 31.9 Å². The minimum Gasteiger partial charge on any atom is -0.480 e. The van der Waals surface area contributed by atoms with Gasteiger partial charge in [0, 0.05) is 16.6 Å². The van der Waals surface area contributed by atoms with Gasteiger partial charge in [-0.2, -0.15) is 0 Å². The van der Waals surface area contributed by atoms with Crippen LogP contribution in [0.4, 0.5) is 10.1 Å². The zero-order valence-electron chi connectivity index (χ0n) is 17.3. The number of nitrogens with zero attached hydrogens (tertiary/aromatic N) is 1. The lowest BCUT2D eigenvalue weighted by molar-refractivity contribution is -0.149. The molecule has 0 aromatic heterocycles. The van der Waals surface area contributed by atoms with E-state index in [0.717, 1.165) is 4.90 Å². The molecule has 32 heavy (non-hydrogen) atoms. The zero-order valence-corrected chi connectivity index (χ0v) is 18.8. The van der Waals surface area contributed by atoms with Gasteiger partial charge in [0.2, 0.25) is 11.8 Å². The Bertz CT molecular complexity index is 1120. The molecule has 2 fully saturated rings. The average Bonchev–Trinajstić information content (AvgIpc) is 3.17. The highest BCUT2D eigenvalue weighted by molar-refractivity contribution is 6.38. The first-order valence-electron chi connectivity index (χ1n) is 10.2. The van der Waals surface area contributed by atoms with Crippen LogP contribution >= 0.6 is 23.2 Å². The summed E-state index contributed by atoms with van der Waals surface area (Å²) in [5.74, 6) is -5.61. The largest absolute Gasteiger partial charge is 0.480 e. The van der Waals surface area contributed by atoms with Crippen molar-refractivity contribution in [2.75, 3.05) is 4.90 Å². The van der Waals surface area contributed by atoms with Crippen molar-refractivity contribution in [1.29, 1.82) is 0 Å². The van der Waals surface area contributed by atoms with Gasteiger partial charge in [-0.3, -0.25) is 19.7 Å². The Morgan fingerprint density at radius 3 is 2.47 bits per heavy atom. The summed E-state index contributed by atoms with van der Waals surface area (Å²) in [7, 11) is 0. The molecule has 2 aliphatic rings. The molecule has 4 unspecified atom stereocenters. The molecule has 2 saturated heterocycles. The van der Waals surface area contributed by atoms with Crippen LogP contribution in [0.2, 0.25) is 10.0 Å². The number of carbonyl (C=O) groups excluding carboxylic acids is 2. The summed E-state index contributed by atoms with van der Waals surface area (Å²) in [6.45, 7) is 3.65. The van der Waals surface area contributed by atoms with Crippen molar-refractivity contribution in [2.45, 2.75) is 31.8 Å². The maximum Gasteiger partial charge on any atom is 0.324 e. The quantitative estimate of drug-likeness (QED) is 0.619. The van der Waals surface area contributed by atoms with E-state index in [-0.39, 0.29) is 28.6 Å². The molecule has 4 rings (SSSR count). The minimum atomic E-state index is -1.74. The van der Waals surface area contributed by atoms with E-state index in [4.69, 9.17) is 23.2 Å². The van der Waals surface area contributed by atoms with Crippen LogP contribution in [-0.4, -0.2) is 28.4 Å². The van der Waals surface area contributed by atoms with E-state index in [0.29, 0.717) is 5.02 Å². The SMILES string of the molecule is CC(C)CC1(C(=O)O)NC(c2ccccc2F)C2C(=O)N(c3ccc(Cl)cc3Cl)C(=O)C21. The van der Waals surface area contributed by atoms with Crippen LogP contribution in [0.25, 0.3) is 0 Å². The molecule has 4 atom stereocenters. The lowest BCUT2D eigenvalue weighted by atomic mass is 9.75. The molecule has 0 saturated carbocycles. The maximum atomic E-state index is 14.7. The molecular formula is C23H21Cl2FN2O4. The van der Waals surface area contributed by atoms with Gasteiger partial charge in [-0.15, -0.1) is 0 Å². The summed E-state index contributed by atoms with van der Waals surface area (Å²) in [5, 5.41) is 13.7. The van der Waals surface area contributed by atoms with Gasteiger partial charge in [0.25, 0.3) is 0 Å². The number of hydrogen-bond acceptors (Lipinski definition) is 4. The fourth-order valence-corrected chi connectivity index (χ4v) is 5.51. The van der Waals surface area contributed by atoms with E-state index >= 15 is 0 Å². The Kier molecular flexibility index (Phi) is 5.77. The fraction of sp³-hybridized carbons (Fsp3) is 0.348. The van der Waals surface area contributed by atoms with Crippen LogP contribution in [0.5, 0.6) is 0 Å². The third-order valence-corrected chi connectivity index (χ3v) is 6.69. The molecule has 2 N–H and O–H groups in total. The lowest BCUT2D eigenvalue weighted by Gasteiger charge is -2.32. The normalized spacial score (nSPS) is 27.3. The van der Waals surface area contributed by atoms with Crippen LogP contribution in [0.15, 0.2) is 42.5 Å². The van der Waals surface area contributed by atoms with Crippen molar-refractivity contribution in [3.63, 3.8) is 0 Å². The predicted octanol–water partition coefficient (Wildman–Crippen LogP) is 4.45. The van der Waals surface area contributed by atoms with Crippen molar-refractivity contribution in [3.05, 3.63) is 63.9 Å². The van der Waals surface area contributed by atoms with E-state index in [2.05, 4.69) is 5.32 Å². The number of aliphatic carboxylic acids is 1. The molecule has 2 aromatic carbocycles. The molecule has 168 valence electrons. The smallest absolute Gasteiger partial charge is 0.324 e. The van der Waals surface area contributed by atoms with Crippen LogP contribution < -0.4 is 10.2 Å². The molecule has 0 bridgehead atoms. The molecule has 6 nitrogen and oxygen atoms in total. The number of carboxylic acids is 1. The third-order valence-electron chi connectivity index (χ3n) is 6.16. The monoisotopic (exact) mass is 478 g/mol. The summed E-state index contributed by atoms with van der Waals surface area (Å²) in [5.41, 5.74) is -1.48. The number of amides is 2. The van der Waals surface area contributed by atoms with Gasteiger partial charge in [-0.1, -0.05) is 55.2 Å². The number of anilines is 1. The van der Waals surface area contributed by atoms with E-state index in [1.54, 1.807) is 6.07 Å². The maximum absolute atomic E-state index is 14.7. The number of benzene rings is 2. The molecular weight excluding hydrogens is 458 g/mol. The third kappa shape index (κ3) is 3.39. The van der Waals surface area contributed by atoms with Gasteiger partial charge in [-0.25, -0.2) is 9.29 Å². The number of carbonyl (C=O) groups is 3. The second kappa shape index (κ2) is 8.14. The number of imide groups is 1. The van der Waals surface area contributed by atoms with Gasteiger partial charge in [0.1, 0.15) is 11.4 Å². The molecule has 0 radical (unpaired) electrons. The highest BCUT2D eigenvalue weighted by Gasteiger charge is 2.69. The van der Waals surface area contributed by atoms with Crippen molar-refractivity contribution in [3.8, 4) is 0 Å². The second-order valence-electron chi connectivity index (χ2n) is 8.63. The van der Waals surface area contributed by atoms with Crippen molar-refractivity contribution in [2.24, 2.45) is 17.8 Å². The van der Waals surface area contributed by atoms with Crippen molar-refractivity contribution >= 4 is 46.7 Å². The topological polar surface area (TPSA) is 86.7 Å². The first-order valence-corrected chi connectivity index (χ1v) is 10.9. The lowest BCUT2D eigenvalue weighted by Crippen LogP contribution is -2.56. The molecule has 2 aliphatic heterocycles. The average molecular weight is 479 g/mol. The van der Waals surface area contributed by atoms with Gasteiger partial charge < -0.3 is 5.11 Å². The molecule has 0 aliphatic carbocycles. The highest BCUT2D eigenvalue weighted by Crippen LogP contribution is 2.52. The molecule has 0 spiro atoms. The van der Waals surface area contributed by atoms with Crippen LogP contribution in [0, 0.1) is 23.6 Å². The Morgan fingerprint density at radius 1 is 1.19 bits per heavy atom. The zero-order chi connectivity index (χ0) is 23.4. The Balaban J connectivity index is 1.90. The van der Waals surface area contributed by atoms with E-state index in [9.17, 15) is 23.9 Å². The number of nitrogens with one attached hydrogen (secondary N) is 1. The Morgan fingerprint density at radius 2 is 1.88 bits per heavy atom. The minimum absolute atomic E-state index is 0.0790. The van der Waals surface area contributed by atoms with Crippen LogP contribution in [0.3, 0.4) is 0 Å². The first-order chi connectivity index (χ1) is 15.1. The van der Waals surface area contributed by atoms with E-state index < -0.39 is 47.0 Å². The number of halogens is 3. The van der Waals surface area contributed by atoms with Gasteiger partial charge in [0.05, 0.1) is 22.5 Å². The number of hydrogen-bond donors (Lipinski definition) is 2. The summed E-state index contributed by atoms with van der Waals surface area (Å²) >= 11 is 12.2. The molecule has 9 heteroatoms. The van der Waals surface area contributed by atoms with Gasteiger partial charge in [0.15, 0.2) is 0 Å². The fourth-order valence-electron chi connectivity index (χ4n) is 5.01. The van der Waals surface area contributed by atoms with Crippen LogP contribution in [-0.2, 0) is 14.4 Å². The number of carboxylic acid groups (broad SMARTS) is 1. The highest BCUT2D eigenvalue weighted by atomic mass is 35.5. The summed E-state index contributed by atoms with van der Waals surface area (Å²) in [4.78, 5) is 40.7. The second-order valence-corrected chi connectivity index (χ2v) is 9.47. The number of rotatable bonds is 5. The predicted molar refractivity (Wildman–Crippen MR) is 118 cm³/mol. The van der Waals surface area contributed by atoms with Crippen molar-refractivity contribution in [1.82, 2.24) is 5.32 Å². The van der Waals surface area contributed by atoms with Gasteiger partial charge >= 0.3 is 5.97 Å². The summed E-state index contributed by atoms with van der Waals surface area (Å²) < 4.78 is 14.7. The van der Waals surface area contributed by atoms with E-state index in [1.807, 2.05) is 13.8 Å². The van der Waals surface area contributed by atoms with Crippen molar-refractivity contribution < 1.29 is 23.9 Å². The van der Waals surface area contributed by atoms with E-state index in [1.165, 1.54) is 36.4 Å². The molecule has 2 aromatic rings. The summed E-state index contributed by atoms with van der Waals surface area (Å²) in [6, 6.07) is 9.18. The molecule has 2 amide bonds. The Labute approximate surface area is 194 Å². The first kappa shape index (κ1) is 22.7. The summed E-state index contributed by atoms with van der Waals surface area (Å²) in [6.07, 6.45) is 0.0790. The standard InChI is InChI=1S/C23H21Cl2FN2O4/c1-11(2)10-23(22(31)32)18-17(19(27-23)13-5-3-4-6-15(13)26)20(29)28(21(18)30)16-8-7-12(24)9-14(16)25/h3-9,11,17-19,27H,10H2,1-2H3,(H,31,32). The Hall–Kier alpha value is -2.48. The number of fused-ring (bicyclic) bond motifs is 1.